The minimum atomic E-state index is 0.822. The Morgan fingerprint density at radius 1 is 0.585 bits per heavy atom. The first-order valence-corrected chi connectivity index (χ1v) is 13.9. The zero-order chi connectivity index (χ0) is 27.7. The van der Waals surface area contributed by atoms with E-state index in [1.807, 2.05) is 12.1 Å². The summed E-state index contributed by atoms with van der Waals surface area (Å²) >= 11 is 0. The second kappa shape index (κ2) is 8.90. The van der Waals surface area contributed by atoms with Gasteiger partial charge in [-0.05, 0) is 54.5 Å². The summed E-state index contributed by atoms with van der Waals surface area (Å²) in [5, 5.41) is 13.9. The second-order valence-electron chi connectivity index (χ2n) is 10.9. The smallest absolute Gasteiger partial charge is 0.169 e. The molecule has 4 nitrogen and oxygen atoms in total. The lowest BCUT2D eigenvalue weighted by Crippen LogP contribution is -1.97. The molecule has 196 valence electrons. The number of hydrogen-bond acceptors (Lipinski definition) is 3. The van der Waals surface area contributed by atoms with Crippen molar-refractivity contribution in [2.75, 3.05) is 0 Å². The second-order valence-corrected chi connectivity index (χ2v) is 10.9. The Balaban J connectivity index is 1.29. The van der Waals surface area contributed by atoms with Crippen LogP contribution in [-0.4, -0.2) is 14.6 Å². The lowest BCUT2D eigenvalue weighted by atomic mass is 9.92. The van der Waals surface area contributed by atoms with Gasteiger partial charge < -0.3 is 4.42 Å². The fraction of sp³-hybridized carbons (Fsp3) is 0.0811. The summed E-state index contributed by atoms with van der Waals surface area (Å²) < 4.78 is 8.44. The molecule has 0 radical (unpaired) electrons. The van der Waals surface area contributed by atoms with Crippen LogP contribution in [0.2, 0.25) is 0 Å². The molecule has 0 aliphatic carbocycles. The van der Waals surface area contributed by atoms with Crippen molar-refractivity contribution < 1.29 is 4.42 Å². The average molecular weight is 530 g/mol. The van der Waals surface area contributed by atoms with Crippen LogP contribution < -0.4 is 0 Å². The molecular formula is C37H27N3O. The third kappa shape index (κ3) is 3.61. The van der Waals surface area contributed by atoms with E-state index >= 15 is 0 Å². The molecule has 0 bridgehead atoms. The molecule has 0 unspecified atom stereocenters. The summed E-state index contributed by atoms with van der Waals surface area (Å²) in [6.07, 6.45) is 2.21. The van der Waals surface area contributed by atoms with Crippen LogP contribution in [0.1, 0.15) is 16.7 Å². The predicted molar refractivity (Wildman–Crippen MR) is 168 cm³/mol. The molecular weight excluding hydrogens is 502 g/mol. The highest BCUT2D eigenvalue weighted by Crippen LogP contribution is 2.38. The summed E-state index contributed by atoms with van der Waals surface area (Å²) in [4.78, 5) is 0. The van der Waals surface area contributed by atoms with E-state index < -0.39 is 0 Å². The molecule has 0 fully saturated rings. The molecule has 0 saturated carbocycles. The SMILES string of the molecule is Cc1cc(C)c(-c2cn3c(-c4ccc(-c5cccc6c5oc5ccccc56)cc4)nnc3c3ccccc23)c(C)c1. The minimum Gasteiger partial charge on any atom is -0.455 e. The fourth-order valence-electron chi connectivity index (χ4n) is 6.48. The van der Waals surface area contributed by atoms with Gasteiger partial charge in [-0.25, -0.2) is 0 Å². The first-order chi connectivity index (χ1) is 20.1. The lowest BCUT2D eigenvalue weighted by molar-refractivity contribution is 0.670. The number of fused-ring (bicyclic) bond motifs is 6. The first-order valence-electron chi connectivity index (χ1n) is 13.9. The van der Waals surface area contributed by atoms with Crippen LogP contribution >= 0.6 is 0 Å². The monoisotopic (exact) mass is 529 g/mol. The van der Waals surface area contributed by atoms with E-state index in [-0.39, 0.29) is 0 Å². The normalized spacial score (nSPS) is 11.8. The van der Waals surface area contributed by atoms with Gasteiger partial charge in [0.15, 0.2) is 11.5 Å². The maximum Gasteiger partial charge on any atom is 0.169 e. The molecule has 3 aromatic heterocycles. The van der Waals surface area contributed by atoms with Gasteiger partial charge in [0.2, 0.25) is 0 Å². The number of para-hydroxylation sites is 2. The van der Waals surface area contributed by atoms with E-state index in [0.717, 1.165) is 55.5 Å². The first kappa shape index (κ1) is 23.6. The van der Waals surface area contributed by atoms with Crippen LogP contribution in [-0.2, 0) is 0 Å². The molecule has 0 aliphatic rings. The largest absolute Gasteiger partial charge is 0.455 e. The van der Waals surface area contributed by atoms with E-state index in [9.17, 15) is 0 Å². The fourth-order valence-corrected chi connectivity index (χ4v) is 6.48. The number of aromatic nitrogens is 3. The Bertz CT molecular complexity index is 2260. The molecule has 0 saturated heterocycles. The van der Waals surface area contributed by atoms with Crippen LogP contribution in [0.25, 0.3) is 72.0 Å². The van der Waals surface area contributed by atoms with Crippen molar-refractivity contribution in [3.63, 3.8) is 0 Å². The highest BCUT2D eigenvalue weighted by molar-refractivity contribution is 6.09. The molecule has 8 aromatic rings. The molecule has 3 heterocycles. The van der Waals surface area contributed by atoms with Crippen LogP contribution in [0.3, 0.4) is 0 Å². The number of benzene rings is 5. The molecule has 5 aromatic carbocycles. The molecule has 0 spiro atoms. The summed E-state index contributed by atoms with van der Waals surface area (Å²) in [5.74, 6) is 0.822. The Labute approximate surface area is 237 Å². The van der Waals surface area contributed by atoms with Gasteiger partial charge >= 0.3 is 0 Å². The number of hydrogen-bond donors (Lipinski definition) is 0. The summed E-state index contributed by atoms with van der Waals surface area (Å²) in [6, 6.07) is 36.1. The van der Waals surface area contributed by atoms with Crippen molar-refractivity contribution in [1.29, 1.82) is 0 Å². The Kier molecular flexibility index (Phi) is 5.13. The van der Waals surface area contributed by atoms with Gasteiger partial charge in [0.05, 0.1) is 0 Å². The molecule has 0 N–H and O–H groups in total. The molecule has 0 amide bonds. The number of nitrogens with zero attached hydrogens (tertiary/aromatic N) is 3. The zero-order valence-electron chi connectivity index (χ0n) is 23.1. The van der Waals surface area contributed by atoms with E-state index in [0.29, 0.717) is 0 Å². The molecule has 0 atom stereocenters. The average Bonchev–Trinajstić information content (AvgIpc) is 3.59. The van der Waals surface area contributed by atoms with Crippen LogP contribution in [0, 0.1) is 20.8 Å². The van der Waals surface area contributed by atoms with Crippen LogP contribution in [0.4, 0.5) is 0 Å². The van der Waals surface area contributed by atoms with E-state index in [1.165, 1.54) is 33.2 Å². The van der Waals surface area contributed by atoms with Crippen molar-refractivity contribution in [2.45, 2.75) is 20.8 Å². The van der Waals surface area contributed by atoms with Gasteiger partial charge in [-0.1, -0.05) is 103 Å². The summed E-state index contributed by atoms with van der Waals surface area (Å²) in [5.41, 5.74) is 12.1. The Morgan fingerprint density at radius 3 is 2.02 bits per heavy atom. The van der Waals surface area contributed by atoms with Gasteiger partial charge in [0.1, 0.15) is 11.2 Å². The number of aryl methyl sites for hydroxylation is 3. The standard InChI is InChI=1S/C37H27N3O/c1-22-19-23(2)34(24(3)20-22)32-21-40-36(38-39-37(40)31-11-5-4-9-28(31)32)26-17-15-25(16-18-26)27-12-8-13-30-29-10-6-7-14-33(29)41-35(27)30/h4-21H,1-3H3. The van der Waals surface area contributed by atoms with Gasteiger partial charge in [-0.2, -0.15) is 0 Å². The maximum absolute atomic E-state index is 6.29. The maximum atomic E-state index is 6.29. The number of pyridine rings is 1. The Hall–Kier alpha value is -5.22. The van der Waals surface area contributed by atoms with Gasteiger partial charge in [0.25, 0.3) is 0 Å². The summed E-state index contributed by atoms with van der Waals surface area (Å²) in [6.45, 7) is 6.55. The quantitative estimate of drug-likeness (QED) is 0.229. The molecule has 0 aliphatic heterocycles. The molecule has 4 heteroatoms. The predicted octanol–water partition coefficient (Wildman–Crippen LogP) is 9.71. The van der Waals surface area contributed by atoms with Crippen molar-refractivity contribution in [1.82, 2.24) is 14.6 Å². The highest BCUT2D eigenvalue weighted by atomic mass is 16.3. The highest BCUT2D eigenvalue weighted by Gasteiger charge is 2.18. The third-order valence-electron chi connectivity index (χ3n) is 8.22. The minimum absolute atomic E-state index is 0.822. The van der Waals surface area contributed by atoms with Crippen LogP contribution in [0.5, 0.6) is 0 Å². The van der Waals surface area contributed by atoms with Gasteiger partial charge in [-0.3, -0.25) is 4.40 Å². The molecule has 8 rings (SSSR count). The molecule has 41 heavy (non-hydrogen) atoms. The number of rotatable bonds is 3. The zero-order valence-corrected chi connectivity index (χ0v) is 23.1. The Morgan fingerprint density at radius 2 is 1.24 bits per heavy atom. The lowest BCUT2D eigenvalue weighted by Gasteiger charge is -2.15. The van der Waals surface area contributed by atoms with Crippen molar-refractivity contribution >= 4 is 38.4 Å². The topological polar surface area (TPSA) is 43.3 Å². The van der Waals surface area contributed by atoms with Crippen molar-refractivity contribution in [3.05, 3.63) is 126 Å². The van der Waals surface area contributed by atoms with Gasteiger partial charge in [0, 0.05) is 39.0 Å². The summed E-state index contributed by atoms with van der Waals surface area (Å²) in [7, 11) is 0. The third-order valence-corrected chi connectivity index (χ3v) is 8.22. The van der Waals surface area contributed by atoms with E-state index in [4.69, 9.17) is 4.42 Å². The van der Waals surface area contributed by atoms with Crippen molar-refractivity contribution in [2.24, 2.45) is 0 Å². The van der Waals surface area contributed by atoms with Crippen LogP contribution in [0.15, 0.2) is 114 Å². The van der Waals surface area contributed by atoms with Crippen molar-refractivity contribution in [3.8, 4) is 33.6 Å². The van der Waals surface area contributed by atoms with Gasteiger partial charge in [-0.15, -0.1) is 10.2 Å². The van der Waals surface area contributed by atoms with E-state index in [2.05, 4.69) is 133 Å². The van der Waals surface area contributed by atoms with E-state index in [1.54, 1.807) is 0 Å². The number of furan rings is 1.